The minimum absolute atomic E-state index is 0.00506. The highest BCUT2D eigenvalue weighted by Crippen LogP contribution is 2.23. The van der Waals surface area contributed by atoms with Gasteiger partial charge in [0.05, 0.1) is 5.56 Å². The van der Waals surface area contributed by atoms with Crippen molar-refractivity contribution < 1.29 is 9.90 Å². The Balaban J connectivity index is 2.96. The fraction of sp³-hybridized carbons (Fsp3) is 0.308. The molecule has 0 unspecified atom stereocenters. The zero-order valence-corrected chi connectivity index (χ0v) is 11.4. The summed E-state index contributed by atoms with van der Waals surface area (Å²) in [4.78, 5) is 13.8. The van der Waals surface area contributed by atoms with Crippen LogP contribution in [0.4, 0.5) is 0 Å². The first-order chi connectivity index (χ1) is 8.10. The highest BCUT2D eigenvalue weighted by Gasteiger charge is 2.17. The van der Waals surface area contributed by atoms with Gasteiger partial charge in [0, 0.05) is 17.6 Å². The Morgan fingerprint density at radius 1 is 1.59 bits per heavy atom. The van der Waals surface area contributed by atoms with E-state index in [4.69, 9.17) is 0 Å². The molecule has 3 nitrogen and oxygen atoms in total. The van der Waals surface area contributed by atoms with Crippen LogP contribution in [0.3, 0.4) is 0 Å². The number of halogens is 1. The first-order valence-electron chi connectivity index (χ1n) is 5.48. The Morgan fingerprint density at radius 3 is 2.82 bits per heavy atom. The molecule has 1 rings (SSSR count). The zero-order valence-electron chi connectivity index (χ0n) is 9.82. The number of rotatable bonds is 5. The zero-order chi connectivity index (χ0) is 12.8. The molecule has 0 heterocycles. The molecule has 0 spiro atoms. The van der Waals surface area contributed by atoms with Crippen molar-refractivity contribution in [1.82, 2.24) is 4.90 Å². The molecule has 0 aromatic heterocycles. The standard InChI is InChI=1S/C13H16BrNO2/c1-3-7-15(8-4-2)13(17)11-6-5-10(14)9-12(11)16/h3,5-6,9,16H,1,4,7-8H2,2H3. The summed E-state index contributed by atoms with van der Waals surface area (Å²) >= 11 is 3.24. The van der Waals surface area contributed by atoms with E-state index in [-0.39, 0.29) is 11.7 Å². The summed E-state index contributed by atoms with van der Waals surface area (Å²) in [7, 11) is 0. The van der Waals surface area contributed by atoms with Gasteiger partial charge in [0.15, 0.2) is 0 Å². The monoisotopic (exact) mass is 297 g/mol. The molecule has 1 aromatic rings. The average molecular weight is 298 g/mol. The predicted molar refractivity (Wildman–Crippen MR) is 72.2 cm³/mol. The van der Waals surface area contributed by atoms with Gasteiger partial charge in [-0.2, -0.15) is 0 Å². The lowest BCUT2D eigenvalue weighted by Gasteiger charge is -2.20. The molecule has 92 valence electrons. The molecule has 0 bridgehead atoms. The van der Waals surface area contributed by atoms with E-state index < -0.39 is 0 Å². The van der Waals surface area contributed by atoms with Crippen molar-refractivity contribution in [3.63, 3.8) is 0 Å². The van der Waals surface area contributed by atoms with Crippen molar-refractivity contribution in [2.75, 3.05) is 13.1 Å². The van der Waals surface area contributed by atoms with E-state index in [1.807, 2.05) is 6.92 Å². The summed E-state index contributed by atoms with van der Waals surface area (Å²) in [6, 6.07) is 4.88. The molecule has 0 radical (unpaired) electrons. The molecular formula is C13H16BrNO2. The molecular weight excluding hydrogens is 282 g/mol. The third-order valence-electron chi connectivity index (χ3n) is 2.32. The molecule has 1 N–H and O–H groups in total. The second-order valence-electron chi connectivity index (χ2n) is 3.70. The topological polar surface area (TPSA) is 40.5 Å². The predicted octanol–water partition coefficient (Wildman–Crippen LogP) is 3.19. The first-order valence-corrected chi connectivity index (χ1v) is 6.28. The van der Waals surface area contributed by atoms with Gasteiger partial charge >= 0.3 is 0 Å². The Hall–Kier alpha value is -1.29. The molecule has 1 amide bonds. The maximum atomic E-state index is 12.2. The molecule has 0 atom stereocenters. The van der Waals surface area contributed by atoms with Gasteiger partial charge in [-0.15, -0.1) is 6.58 Å². The minimum Gasteiger partial charge on any atom is -0.507 e. The number of hydrogen-bond donors (Lipinski definition) is 1. The number of carbonyl (C=O) groups excluding carboxylic acids is 1. The van der Waals surface area contributed by atoms with Crippen molar-refractivity contribution >= 4 is 21.8 Å². The fourth-order valence-electron chi connectivity index (χ4n) is 1.56. The summed E-state index contributed by atoms with van der Waals surface area (Å²) in [5.41, 5.74) is 0.323. The van der Waals surface area contributed by atoms with Crippen LogP contribution >= 0.6 is 15.9 Å². The van der Waals surface area contributed by atoms with E-state index in [2.05, 4.69) is 22.5 Å². The molecule has 1 aromatic carbocycles. The second kappa shape index (κ2) is 6.45. The highest BCUT2D eigenvalue weighted by molar-refractivity contribution is 9.10. The van der Waals surface area contributed by atoms with E-state index in [1.54, 1.807) is 23.1 Å². The van der Waals surface area contributed by atoms with Crippen LogP contribution in [0.1, 0.15) is 23.7 Å². The Bertz CT molecular complexity index is 418. The summed E-state index contributed by atoms with van der Waals surface area (Å²) in [6.07, 6.45) is 2.56. The van der Waals surface area contributed by atoms with Crippen LogP contribution in [0.25, 0.3) is 0 Å². The van der Waals surface area contributed by atoms with Crippen molar-refractivity contribution in [2.24, 2.45) is 0 Å². The normalized spacial score (nSPS) is 10.0. The van der Waals surface area contributed by atoms with Gasteiger partial charge < -0.3 is 10.0 Å². The second-order valence-corrected chi connectivity index (χ2v) is 4.62. The fourth-order valence-corrected chi connectivity index (χ4v) is 1.91. The van der Waals surface area contributed by atoms with Crippen LogP contribution in [0.2, 0.25) is 0 Å². The molecule has 0 aliphatic carbocycles. The average Bonchev–Trinajstić information content (AvgIpc) is 2.28. The summed E-state index contributed by atoms with van der Waals surface area (Å²) < 4.78 is 0.748. The van der Waals surface area contributed by atoms with Crippen LogP contribution in [0.5, 0.6) is 5.75 Å². The van der Waals surface area contributed by atoms with Gasteiger partial charge in [0.25, 0.3) is 5.91 Å². The summed E-state index contributed by atoms with van der Waals surface area (Å²) in [5.74, 6) is -0.175. The van der Waals surface area contributed by atoms with Gasteiger partial charge in [-0.25, -0.2) is 0 Å². The number of benzene rings is 1. The number of nitrogens with zero attached hydrogens (tertiary/aromatic N) is 1. The molecule has 0 fully saturated rings. The van der Waals surface area contributed by atoms with Gasteiger partial charge in [-0.05, 0) is 24.6 Å². The minimum atomic E-state index is -0.170. The molecule has 0 saturated carbocycles. The molecule has 0 aliphatic rings. The molecule has 0 aliphatic heterocycles. The smallest absolute Gasteiger partial charge is 0.257 e. The Labute approximate surface area is 110 Å². The van der Waals surface area contributed by atoms with Crippen molar-refractivity contribution in [3.05, 3.63) is 40.9 Å². The molecule has 0 saturated heterocycles. The Kier molecular flexibility index (Phi) is 5.22. The quantitative estimate of drug-likeness (QED) is 0.848. The Morgan fingerprint density at radius 2 is 2.29 bits per heavy atom. The van der Waals surface area contributed by atoms with Crippen molar-refractivity contribution in [3.8, 4) is 5.75 Å². The van der Waals surface area contributed by atoms with Gasteiger partial charge in [-0.3, -0.25) is 4.79 Å². The lowest BCUT2D eigenvalue weighted by atomic mass is 10.1. The lowest BCUT2D eigenvalue weighted by Crippen LogP contribution is -2.31. The number of phenolic OH excluding ortho intramolecular Hbond substituents is 1. The maximum Gasteiger partial charge on any atom is 0.257 e. The summed E-state index contributed by atoms with van der Waals surface area (Å²) in [6.45, 7) is 6.78. The van der Waals surface area contributed by atoms with Gasteiger partial charge in [0.1, 0.15) is 5.75 Å². The number of hydrogen-bond acceptors (Lipinski definition) is 2. The van der Waals surface area contributed by atoms with E-state index in [1.165, 1.54) is 6.07 Å². The largest absolute Gasteiger partial charge is 0.507 e. The number of carbonyl (C=O) groups is 1. The van der Waals surface area contributed by atoms with Crippen molar-refractivity contribution in [2.45, 2.75) is 13.3 Å². The number of amides is 1. The number of phenols is 1. The van der Waals surface area contributed by atoms with Crippen LogP contribution in [0.15, 0.2) is 35.3 Å². The van der Waals surface area contributed by atoms with E-state index >= 15 is 0 Å². The highest BCUT2D eigenvalue weighted by atomic mass is 79.9. The number of aromatic hydroxyl groups is 1. The third kappa shape index (κ3) is 3.60. The maximum absolute atomic E-state index is 12.2. The molecule has 4 heteroatoms. The third-order valence-corrected chi connectivity index (χ3v) is 2.81. The van der Waals surface area contributed by atoms with Gasteiger partial charge in [0.2, 0.25) is 0 Å². The van der Waals surface area contributed by atoms with Gasteiger partial charge in [-0.1, -0.05) is 28.9 Å². The SMILES string of the molecule is C=CCN(CCC)C(=O)c1ccc(Br)cc1O. The van der Waals surface area contributed by atoms with Crippen molar-refractivity contribution in [1.29, 1.82) is 0 Å². The van der Waals surface area contributed by atoms with Crippen LogP contribution in [-0.4, -0.2) is 29.0 Å². The van der Waals surface area contributed by atoms with E-state index in [0.717, 1.165) is 10.9 Å². The first kappa shape index (κ1) is 13.8. The molecule has 17 heavy (non-hydrogen) atoms. The van der Waals surface area contributed by atoms with Crippen LogP contribution < -0.4 is 0 Å². The van der Waals surface area contributed by atoms with Crippen LogP contribution in [-0.2, 0) is 0 Å². The van der Waals surface area contributed by atoms with E-state index in [0.29, 0.717) is 18.7 Å². The lowest BCUT2D eigenvalue weighted by molar-refractivity contribution is 0.0771. The van der Waals surface area contributed by atoms with E-state index in [9.17, 15) is 9.90 Å². The summed E-state index contributed by atoms with van der Waals surface area (Å²) in [5, 5.41) is 9.74. The van der Waals surface area contributed by atoms with Crippen LogP contribution in [0, 0.1) is 0 Å².